The number of aliphatic carboxylic acids is 1. The van der Waals surface area contributed by atoms with Crippen molar-refractivity contribution in [3.63, 3.8) is 0 Å². The molecule has 0 unspecified atom stereocenters. The molecular formula is C19H19FN2O3. The van der Waals surface area contributed by atoms with Gasteiger partial charge in [0.2, 0.25) is 0 Å². The molecule has 1 aromatic carbocycles. The van der Waals surface area contributed by atoms with Gasteiger partial charge in [0, 0.05) is 24.2 Å². The summed E-state index contributed by atoms with van der Waals surface area (Å²) in [5, 5.41) is 8.81. The van der Waals surface area contributed by atoms with Crippen LogP contribution >= 0.6 is 0 Å². The summed E-state index contributed by atoms with van der Waals surface area (Å²) in [5.74, 6) is -1.37. The van der Waals surface area contributed by atoms with Crippen LogP contribution in [0.5, 0.6) is 0 Å². The Morgan fingerprint density at radius 1 is 1.20 bits per heavy atom. The molecule has 1 aromatic heterocycles. The molecule has 6 heteroatoms. The lowest BCUT2D eigenvalue weighted by Crippen LogP contribution is -2.31. The van der Waals surface area contributed by atoms with Crippen molar-refractivity contribution in [2.75, 3.05) is 6.54 Å². The van der Waals surface area contributed by atoms with Gasteiger partial charge in [-0.1, -0.05) is 6.07 Å². The molecule has 2 aromatic rings. The molecule has 0 aliphatic carbocycles. The van der Waals surface area contributed by atoms with E-state index in [4.69, 9.17) is 5.11 Å². The van der Waals surface area contributed by atoms with Gasteiger partial charge in [0.05, 0.1) is 18.2 Å². The molecule has 2 heterocycles. The van der Waals surface area contributed by atoms with Crippen LogP contribution in [-0.2, 0) is 11.2 Å². The van der Waals surface area contributed by atoms with Gasteiger partial charge in [-0.25, -0.2) is 4.39 Å². The van der Waals surface area contributed by atoms with E-state index in [0.29, 0.717) is 24.2 Å². The lowest BCUT2D eigenvalue weighted by molar-refractivity contribution is -0.136. The van der Waals surface area contributed by atoms with Gasteiger partial charge in [0.25, 0.3) is 5.91 Å². The highest BCUT2D eigenvalue weighted by Gasteiger charge is 2.31. The van der Waals surface area contributed by atoms with Crippen LogP contribution < -0.4 is 0 Å². The number of pyridine rings is 1. The quantitative estimate of drug-likeness (QED) is 0.906. The minimum Gasteiger partial charge on any atom is -0.481 e. The van der Waals surface area contributed by atoms with Crippen molar-refractivity contribution in [2.24, 2.45) is 0 Å². The lowest BCUT2D eigenvalue weighted by Gasteiger charge is -2.24. The van der Waals surface area contributed by atoms with Crippen molar-refractivity contribution in [1.82, 2.24) is 9.88 Å². The second-order valence-corrected chi connectivity index (χ2v) is 6.11. The zero-order valence-electron chi connectivity index (χ0n) is 13.7. The van der Waals surface area contributed by atoms with E-state index in [-0.39, 0.29) is 24.2 Å². The Kier molecular flexibility index (Phi) is 5.07. The van der Waals surface area contributed by atoms with Crippen LogP contribution in [0.25, 0.3) is 0 Å². The van der Waals surface area contributed by atoms with Gasteiger partial charge in [0.1, 0.15) is 5.82 Å². The number of halogens is 1. The third-order valence-corrected chi connectivity index (χ3v) is 4.37. The second kappa shape index (κ2) is 7.42. The average Bonchev–Trinajstić information content (AvgIpc) is 3.10. The van der Waals surface area contributed by atoms with Crippen LogP contribution in [0.2, 0.25) is 0 Å². The smallest absolute Gasteiger partial charge is 0.303 e. The first kappa shape index (κ1) is 17.1. The molecule has 25 heavy (non-hydrogen) atoms. The molecule has 1 aliphatic heterocycles. The van der Waals surface area contributed by atoms with Crippen molar-refractivity contribution >= 4 is 11.9 Å². The summed E-state index contributed by atoms with van der Waals surface area (Å²) in [7, 11) is 0. The normalized spacial score (nSPS) is 16.8. The molecular weight excluding hydrogens is 323 g/mol. The number of hydrogen-bond acceptors (Lipinski definition) is 3. The van der Waals surface area contributed by atoms with Crippen LogP contribution in [-0.4, -0.2) is 33.4 Å². The fraction of sp³-hybridized carbons (Fsp3) is 0.316. The van der Waals surface area contributed by atoms with Gasteiger partial charge in [0.15, 0.2) is 0 Å². The molecule has 1 aliphatic rings. The van der Waals surface area contributed by atoms with Crippen LogP contribution in [0.1, 0.15) is 47.1 Å². The SMILES string of the molecule is O=C(O)CCc1cccc([C@H]2CCCN2C(=O)c2ccc(F)cc2)n1. The molecule has 1 saturated heterocycles. The maximum atomic E-state index is 13.1. The van der Waals surface area contributed by atoms with Gasteiger partial charge in [-0.05, 0) is 49.2 Å². The van der Waals surface area contributed by atoms with Crippen LogP contribution in [0.15, 0.2) is 42.5 Å². The molecule has 1 N–H and O–H groups in total. The Bertz CT molecular complexity index is 776. The topological polar surface area (TPSA) is 70.5 Å². The highest BCUT2D eigenvalue weighted by atomic mass is 19.1. The van der Waals surface area contributed by atoms with Gasteiger partial charge >= 0.3 is 5.97 Å². The highest BCUT2D eigenvalue weighted by Crippen LogP contribution is 2.32. The summed E-state index contributed by atoms with van der Waals surface area (Å²) < 4.78 is 13.1. The Labute approximate surface area is 145 Å². The number of carboxylic acid groups (broad SMARTS) is 1. The van der Waals surface area contributed by atoms with Gasteiger partial charge < -0.3 is 10.0 Å². The summed E-state index contributed by atoms with van der Waals surface area (Å²) >= 11 is 0. The number of benzene rings is 1. The average molecular weight is 342 g/mol. The van der Waals surface area contributed by atoms with Crippen LogP contribution in [0.3, 0.4) is 0 Å². The molecule has 1 amide bonds. The van der Waals surface area contributed by atoms with E-state index < -0.39 is 5.97 Å². The number of rotatable bonds is 5. The minimum atomic E-state index is -0.860. The summed E-state index contributed by atoms with van der Waals surface area (Å²) in [6, 6.07) is 10.9. The largest absolute Gasteiger partial charge is 0.481 e. The van der Waals surface area contributed by atoms with Gasteiger partial charge in [-0.3, -0.25) is 14.6 Å². The zero-order valence-corrected chi connectivity index (χ0v) is 13.7. The number of carboxylic acids is 1. The summed E-state index contributed by atoms with van der Waals surface area (Å²) in [4.78, 5) is 29.8. The minimum absolute atomic E-state index is 0.0271. The third kappa shape index (κ3) is 4.02. The number of aromatic nitrogens is 1. The van der Waals surface area contributed by atoms with E-state index in [1.165, 1.54) is 24.3 Å². The lowest BCUT2D eigenvalue weighted by atomic mass is 10.1. The molecule has 0 saturated carbocycles. The summed E-state index contributed by atoms with van der Waals surface area (Å²) in [5.41, 5.74) is 1.94. The zero-order chi connectivity index (χ0) is 17.8. The van der Waals surface area contributed by atoms with E-state index in [1.54, 1.807) is 11.0 Å². The summed E-state index contributed by atoms with van der Waals surface area (Å²) in [6.07, 6.45) is 2.07. The van der Waals surface area contributed by atoms with E-state index in [9.17, 15) is 14.0 Å². The molecule has 0 spiro atoms. The first-order valence-corrected chi connectivity index (χ1v) is 8.29. The highest BCUT2D eigenvalue weighted by molar-refractivity contribution is 5.94. The molecule has 5 nitrogen and oxygen atoms in total. The van der Waals surface area contributed by atoms with Crippen molar-refractivity contribution in [2.45, 2.75) is 31.7 Å². The molecule has 1 atom stereocenters. The standard InChI is InChI=1S/C19H19FN2O3/c20-14-8-6-13(7-9-14)19(25)22-12-2-5-17(22)16-4-1-3-15(21-16)10-11-18(23)24/h1,3-4,6-9,17H,2,5,10-12H2,(H,23,24)/t17-/m1/s1. The first-order chi connectivity index (χ1) is 12.0. The number of carbonyl (C=O) groups excluding carboxylic acids is 1. The van der Waals surface area contributed by atoms with Crippen LogP contribution in [0.4, 0.5) is 4.39 Å². The van der Waals surface area contributed by atoms with E-state index in [2.05, 4.69) is 4.98 Å². The van der Waals surface area contributed by atoms with E-state index >= 15 is 0 Å². The Morgan fingerprint density at radius 2 is 1.96 bits per heavy atom. The van der Waals surface area contributed by atoms with Crippen molar-refractivity contribution in [3.8, 4) is 0 Å². The predicted octanol–water partition coefficient (Wildman–Crippen LogP) is 3.22. The maximum absolute atomic E-state index is 13.1. The maximum Gasteiger partial charge on any atom is 0.303 e. The molecule has 0 radical (unpaired) electrons. The Balaban J connectivity index is 1.79. The first-order valence-electron chi connectivity index (χ1n) is 8.29. The van der Waals surface area contributed by atoms with Gasteiger partial charge in [-0.2, -0.15) is 0 Å². The third-order valence-electron chi connectivity index (χ3n) is 4.37. The fourth-order valence-electron chi connectivity index (χ4n) is 3.13. The Hall–Kier alpha value is -2.76. The molecule has 130 valence electrons. The number of hydrogen-bond donors (Lipinski definition) is 1. The number of amides is 1. The fourth-order valence-corrected chi connectivity index (χ4v) is 3.13. The molecule has 1 fully saturated rings. The van der Waals surface area contributed by atoms with Gasteiger partial charge in [-0.15, -0.1) is 0 Å². The predicted molar refractivity (Wildman–Crippen MR) is 89.6 cm³/mol. The molecule has 0 bridgehead atoms. The second-order valence-electron chi connectivity index (χ2n) is 6.11. The van der Waals surface area contributed by atoms with Crippen molar-refractivity contribution in [3.05, 3.63) is 65.2 Å². The number of aryl methyl sites for hydroxylation is 1. The van der Waals surface area contributed by atoms with E-state index in [0.717, 1.165) is 18.5 Å². The number of carbonyl (C=O) groups is 2. The van der Waals surface area contributed by atoms with Crippen molar-refractivity contribution < 1.29 is 19.1 Å². The summed E-state index contributed by atoms with van der Waals surface area (Å²) in [6.45, 7) is 0.627. The van der Waals surface area contributed by atoms with Crippen LogP contribution in [0, 0.1) is 5.82 Å². The Morgan fingerprint density at radius 3 is 2.68 bits per heavy atom. The van der Waals surface area contributed by atoms with E-state index in [1.807, 2.05) is 12.1 Å². The molecule has 3 rings (SSSR count). The number of nitrogens with zero attached hydrogens (tertiary/aromatic N) is 2. The monoisotopic (exact) mass is 342 g/mol. The number of likely N-dealkylation sites (tertiary alicyclic amines) is 1. The van der Waals surface area contributed by atoms with Crippen molar-refractivity contribution in [1.29, 1.82) is 0 Å².